The number of carbonyl (C=O) groups is 2. The summed E-state index contributed by atoms with van der Waals surface area (Å²) < 4.78 is 5.44. The molecule has 2 amide bonds. The highest BCUT2D eigenvalue weighted by molar-refractivity contribution is 5.78. The van der Waals surface area contributed by atoms with Gasteiger partial charge in [0.25, 0.3) is 0 Å². The van der Waals surface area contributed by atoms with Gasteiger partial charge in [0.1, 0.15) is 0 Å². The Morgan fingerprint density at radius 1 is 1.32 bits per heavy atom. The molecule has 2 saturated heterocycles. The number of urea groups is 1. The standard InChI is InChI=1S/C13H22N2O4/c1-8-7-10(4-6-19-8)14-13(18)15-5-3-11(9(15)2)12(16)17/h8-11H,3-7H2,1-2H3,(H,14,18)(H,16,17). The van der Waals surface area contributed by atoms with Crippen molar-refractivity contribution in [1.82, 2.24) is 10.2 Å². The van der Waals surface area contributed by atoms with Crippen molar-refractivity contribution in [2.45, 2.75) is 51.3 Å². The molecule has 4 atom stereocenters. The molecule has 2 aliphatic rings. The first kappa shape index (κ1) is 14.1. The Labute approximate surface area is 113 Å². The van der Waals surface area contributed by atoms with Gasteiger partial charge in [-0.2, -0.15) is 0 Å². The lowest BCUT2D eigenvalue weighted by Gasteiger charge is -2.31. The molecule has 2 rings (SSSR count). The molecule has 19 heavy (non-hydrogen) atoms. The Balaban J connectivity index is 1.88. The van der Waals surface area contributed by atoms with Crippen LogP contribution >= 0.6 is 0 Å². The molecule has 0 aromatic carbocycles. The van der Waals surface area contributed by atoms with E-state index in [1.165, 1.54) is 0 Å². The van der Waals surface area contributed by atoms with E-state index < -0.39 is 11.9 Å². The zero-order valence-electron chi connectivity index (χ0n) is 11.5. The quantitative estimate of drug-likeness (QED) is 0.786. The summed E-state index contributed by atoms with van der Waals surface area (Å²) in [5, 5.41) is 12.1. The number of carboxylic acid groups (broad SMARTS) is 1. The number of carboxylic acids is 1. The van der Waals surface area contributed by atoms with Crippen molar-refractivity contribution in [2.75, 3.05) is 13.2 Å². The number of likely N-dealkylation sites (tertiary alicyclic amines) is 1. The van der Waals surface area contributed by atoms with Crippen molar-refractivity contribution in [2.24, 2.45) is 5.92 Å². The van der Waals surface area contributed by atoms with Crippen LogP contribution in [0.25, 0.3) is 0 Å². The summed E-state index contributed by atoms with van der Waals surface area (Å²) in [6, 6.07) is -0.252. The molecule has 2 N–H and O–H groups in total. The van der Waals surface area contributed by atoms with E-state index in [0.717, 1.165) is 12.8 Å². The molecular formula is C13H22N2O4. The first-order chi connectivity index (χ1) is 8.99. The molecule has 2 heterocycles. The van der Waals surface area contributed by atoms with E-state index in [9.17, 15) is 9.59 Å². The Bertz CT molecular complexity index is 361. The number of rotatable bonds is 2. The van der Waals surface area contributed by atoms with E-state index in [4.69, 9.17) is 9.84 Å². The van der Waals surface area contributed by atoms with Crippen molar-refractivity contribution in [3.63, 3.8) is 0 Å². The van der Waals surface area contributed by atoms with E-state index in [2.05, 4.69) is 5.32 Å². The van der Waals surface area contributed by atoms with Crippen LogP contribution in [-0.2, 0) is 9.53 Å². The first-order valence-corrected chi connectivity index (χ1v) is 6.90. The lowest BCUT2D eigenvalue weighted by atomic mass is 10.0. The van der Waals surface area contributed by atoms with Crippen LogP contribution in [0, 0.1) is 5.92 Å². The molecule has 6 nitrogen and oxygen atoms in total. The summed E-state index contributed by atoms with van der Waals surface area (Å²) in [4.78, 5) is 24.9. The molecule has 108 valence electrons. The van der Waals surface area contributed by atoms with Crippen LogP contribution in [0.2, 0.25) is 0 Å². The molecule has 0 aromatic heterocycles. The number of nitrogens with zero attached hydrogens (tertiary/aromatic N) is 1. The first-order valence-electron chi connectivity index (χ1n) is 6.90. The number of hydrogen-bond donors (Lipinski definition) is 2. The molecular weight excluding hydrogens is 248 g/mol. The molecule has 0 aliphatic carbocycles. The topological polar surface area (TPSA) is 78.9 Å². The summed E-state index contributed by atoms with van der Waals surface area (Å²) in [5.41, 5.74) is 0. The lowest BCUT2D eigenvalue weighted by molar-refractivity contribution is -0.142. The Kier molecular flexibility index (Phi) is 4.29. The van der Waals surface area contributed by atoms with Crippen LogP contribution in [0.15, 0.2) is 0 Å². The van der Waals surface area contributed by atoms with Gasteiger partial charge in [-0.1, -0.05) is 0 Å². The normalized spacial score (nSPS) is 35.2. The number of nitrogens with one attached hydrogen (secondary N) is 1. The average molecular weight is 270 g/mol. The van der Waals surface area contributed by atoms with E-state index in [1.54, 1.807) is 11.8 Å². The highest BCUT2D eigenvalue weighted by Crippen LogP contribution is 2.24. The highest BCUT2D eigenvalue weighted by atomic mass is 16.5. The van der Waals surface area contributed by atoms with Gasteiger partial charge in [0, 0.05) is 25.2 Å². The summed E-state index contributed by atoms with van der Waals surface area (Å²) >= 11 is 0. The van der Waals surface area contributed by atoms with Gasteiger partial charge in [0.15, 0.2) is 0 Å². The number of hydrogen-bond acceptors (Lipinski definition) is 3. The van der Waals surface area contributed by atoms with Crippen molar-refractivity contribution in [3.05, 3.63) is 0 Å². The second-order valence-corrected chi connectivity index (χ2v) is 5.52. The van der Waals surface area contributed by atoms with Crippen LogP contribution in [0.4, 0.5) is 4.79 Å². The van der Waals surface area contributed by atoms with Crippen LogP contribution in [0.3, 0.4) is 0 Å². The monoisotopic (exact) mass is 270 g/mol. The largest absolute Gasteiger partial charge is 0.481 e. The number of amides is 2. The molecule has 0 radical (unpaired) electrons. The Morgan fingerprint density at radius 3 is 2.63 bits per heavy atom. The van der Waals surface area contributed by atoms with Crippen molar-refractivity contribution in [1.29, 1.82) is 0 Å². The fraction of sp³-hybridized carbons (Fsp3) is 0.846. The lowest BCUT2D eigenvalue weighted by Crippen LogP contribution is -2.49. The predicted octanol–water partition coefficient (Wildman–Crippen LogP) is 1.06. The van der Waals surface area contributed by atoms with Gasteiger partial charge in [-0.05, 0) is 33.1 Å². The third-order valence-electron chi connectivity index (χ3n) is 4.15. The maximum absolute atomic E-state index is 12.2. The summed E-state index contributed by atoms with van der Waals surface area (Å²) in [7, 11) is 0. The fourth-order valence-electron chi connectivity index (χ4n) is 2.94. The zero-order chi connectivity index (χ0) is 14.0. The van der Waals surface area contributed by atoms with Gasteiger partial charge in [0.2, 0.25) is 0 Å². The van der Waals surface area contributed by atoms with E-state index in [-0.39, 0.29) is 24.2 Å². The zero-order valence-corrected chi connectivity index (χ0v) is 11.5. The van der Waals surface area contributed by atoms with Crippen LogP contribution in [0.1, 0.15) is 33.1 Å². The minimum atomic E-state index is -0.817. The molecule has 2 aliphatic heterocycles. The van der Waals surface area contributed by atoms with Gasteiger partial charge < -0.3 is 20.1 Å². The molecule has 0 spiro atoms. The summed E-state index contributed by atoms with van der Waals surface area (Å²) in [6.07, 6.45) is 2.34. The second kappa shape index (κ2) is 5.77. The average Bonchev–Trinajstić information content (AvgIpc) is 2.71. The number of ether oxygens (including phenoxy) is 1. The molecule has 4 unspecified atom stereocenters. The van der Waals surface area contributed by atoms with E-state index in [1.807, 2.05) is 6.92 Å². The molecule has 2 fully saturated rings. The van der Waals surface area contributed by atoms with Crippen LogP contribution in [0.5, 0.6) is 0 Å². The van der Waals surface area contributed by atoms with Crippen LogP contribution < -0.4 is 5.32 Å². The third-order valence-corrected chi connectivity index (χ3v) is 4.15. The van der Waals surface area contributed by atoms with Crippen molar-refractivity contribution in [3.8, 4) is 0 Å². The third kappa shape index (κ3) is 3.18. The Morgan fingerprint density at radius 2 is 2.05 bits per heavy atom. The number of carbonyl (C=O) groups excluding carboxylic acids is 1. The molecule has 0 saturated carbocycles. The maximum atomic E-state index is 12.2. The predicted molar refractivity (Wildman–Crippen MR) is 68.9 cm³/mol. The highest BCUT2D eigenvalue weighted by Gasteiger charge is 2.38. The summed E-state index contributed by atoms with van der Waals surface area (Å²) in [5.74, 6) is -1.26. The molecule has 0 aromatic rings. The smallest absolute Gasteiger partial charge is 0.317 e. The summed E-state index contributed by atoms with van der Waals surface area (Å²) in [6.45, 7) is 4.98. The van der Waals surface area contributed by atoms with Crippen molar-refractivity contribution < 1.29 is 19.4 Å². The number of aliphatic carboxylic acids is 1. The van der Waals surface area contributed by atoms with Gasteiger partial charge >= 0.3 is 12.0 Å². The SMILES string of the molecule is CC1CC(NC(=O)N2CCC(C(=O)O)C2C)CCO1. The van der Waals surface area contributed by atoms with Gasteiger partial charge in [-0.15, -0.1) is 0 Å². The van der Waals surface area contributed by atoms with Gasteiger partial charge in [-0.3, -0.25) is 4.79 Å². The molecule has 0 bridgehead atoms. The van der Waals surface area contributed by atoms with Crippen molar-refractivity contribution >= 4 is 12.0 Å². The van der Waals surface area contributed by atoms with E-state index in [0.29, 0.717) is 19.6 Å². The minimum absolute atomic E-state index is 0.132. The Hall–Kier alpha value is -1.30. The van der Waals surface area contributed by atoms with Gasteiger partial charge in [0.05, 0.1) is 12.0 Å². The maximum Gasteiger partial charge on any atom is 0.317 e. The van der Waals surface area contributed by atoms with E-state index >= 15 is 0 Å². The van der Waals surface area contributed by atoms with Gasteiger partial charge in [-0.25, -0.2) is 4.79 Å². The second-order valence-electron chi connectivity index (χ2n) is 5.52. The fourth-order valence-corrected chi connectivity index (χ4v) is 2.94. The molecule has 6 heteroatoms. The van der Waals surface area contributed by atoms with Crippen LogP contribution in [-0.4, -0.2) is 53.3 Å². The minimum Gasteiger partial charge on any atom is -0.481 e.